The van der Waals surface area contributed by atoms with E-state index >= 15 is 0 Å². The molecular formula is C23H20N2O7. The van der Waals surface area contributed by atoms with Crippen molar-refractivity contribution in [2.24, 2.45) is 11.8 Å². The number of imide groups is 1. The highest BCUT2D eigenvalue weighted by atomic mass is 16.6. The fraction of sp³-hybridized carbons (Fsp3) is 0.261. The number of esters is 1. The highest BCUT2D eigenvalue weighted by Gasteiger charge is 2.55. The molecule has 9 heteroatoms. The summed E-state index contributed by atoms with van der Waals surface area (Å²) in [6.45, 7) is 1.86. The summed E-state index contributed by atoms with van der Waals surface area (Å²) in [6, 6.07) is 12.1. The Morgan fingerprint density at radius 3 is 2.31 bits per heavy atom. The van der Waals surface area contributed by atoms with E-state index in [0.29, 0.717) is 22.5 Å². The zero-order chi connectivity index (χ0) is 23.0. The van der Waals surface area contributed by atoms with Crippen LogP contribution in [0.15, 0.2) is 54.1 Å². The largest absolute Gasteiger partial charge is 0.497 e. The van der Waals surface area contributed by atoms with E-state index in [9.17, 15) is 24.5 Å². The van der Waals surface area contributed by atoms with E-state index < -0.39 is 34.5 Å². The molecular weight excluding hydrogens is 416 g/mol. The van der Waals surface area contributed by atoms with Gasteiger partial charge in [0.25, 0.3) is 5.69 Å². The van der Waals surface area contributed by atoms with Gasteiger partial charge in [0.1, 0.15) is 5.75 Å². The van der Waals surface area contributed by atoms with Gasteiger partial charge in [0.05, 0.1) is 36.2 Å². The number of rotatable bonds is 6. The Kier molecular flexibility index (Phi) is 5.48. The van der Waals surface area contributed by atoms with Gasteiger partial charge in [-0.05, 0) is 48.7 Å². The normalized spacial score (nSPS) is 19.9. The fourth-order valence-electron chi connectivity index (χ4n) is 4.29. The van der Waals surface area contributed by atoms with Crippen LogP contribution in [-0.2, 0) is 19.1 Å². The highest BCUT2D eigenvalue weighted by Crippen LogP contribution is 2.49. The van der Waals surface area contributed by atoms with Gasteiger partial charge >= 0.3 is 5.97 Å². The van der Waals surface area contributed by atoms with Crippen molar-refractivity contribution in [1.82, 2.24) is 0 Å². The maximum Gasteiger partial charge on any atom is 0.334 e. The van der Waals surface area contributed by atoms with E-state index in [2.05, 4.69) is 0 Å². The zero-order valence-corrected chi connectivity index (χ0v) is 17.4. The molecule has 0 bridgehead atoms. The summed E-state index contributed by atoms with van der Waals surface area (Å²) in [5.74, 6) is -2.43. The number of non-ortho nitro benzene ring substituents is 1. The first-order valence-corrected chi connectivity index (χ1v) is 10.0. The molecule has 0 unspecified atom stereocenters. The number of hydrogen-bond acceptors (Lipinski definition) is 7. The molecule has 9 nitrogen and oxygen atoms in total. The molecule has 4 rings (SSSR count). The van der Waals surface area contributed by atoms with E-state index in [-0.39, 0.29) is 24.4 Å². The van der Waals surface area contributed by atoms with Crippen LogP contribution in [0, 0.1) is 22.0 Å². The van der Waals surface area contributed by atoms with Crippen LogP contribution in [0.3, 0.4) is 0 Å². The predicted molar refractivity (Wildman–Crippen MR) is 114 cm³/mol. The van der Waals surface area contributed by atoms with Crippen LogP contribution in [0.5, 0.6) is 5.75 Å². The molecule has 1 fully saturated rings. The summed E-state index contributed by atoms with van der Waals surface area (Å²) in [7, 11) is 1.53. The lowest BCUT2D eigenvalue weighted by atomic mass is 9.89. The minimum atomic E-state index is -0.842. The minimum Gasteiger partial charge on any atom is -0.497 e. The number of carbonyl (C=O) groups is 3. The lowest BCUT2D eigenvalue weighted by molar-refractivity contribution is -0.384. The molecule has 32 heavy (non-hydrogen) atoms. The number of benzene rings is 2. The molecule has 1 saturated heterocycles. The van der Waals surface area contributed by atoms with E-state index in [1.807, 2.05) is 0 Å². The molecule has 2 aliphatic rings. The van der Waals surface area contributed by atoms with Crippen LogP contribution in [-0.4, -0.2) is 36.4 Å². The Balaban J connectivity index is 1.76. The van der Waals surface area contributed by atoms with Gasteiger partial charge in [0.15, 0.2) is 0 Å². The van der Waals surface area contributed by atoms with Crippen molar-refractivity contribution in [2.45, 2.75) is 13.3 Å². The van der Waals surface area contributed by atoms with E-state index in [1.54, 1.807) is 31.2 Å². The SMILES string of the molecule is CCOC(=O)C1=C(c2ccc(OC)cc2)[C@H]2C(=O)N(c3ccc([N+](=O)[O-])cc3)C(=O)[C@H]2C1. The smallest absolute Gasteiger partial charge is 0.334 e. The Morgan fingerprint density at radius 2 is 1.75 bits per heavy atom. The minimum absolute atomic E-state index is 0.0823. The Labute approximate surface area is 183 Å². The molecule has 1 aliphatic carbocycles. The molecule has 0 saturated carbocycles. The number of hydrogen-bond donors (Lipinski definition) is 0. The number of fused-ring (bicyclic) bond motifs is 1. The number of nitro benzene ring substituents is 1. The number of ether oxygens (including phenoxy) is 2. The van der Waals surface area contributed by atoms with E-state index in [1.165, 1.54) is 31.4 Å². The maximum atomic E-state index is 13.4. The average molecular weight is 436 g/mol. The maximum absolute atomic E-state index is 13.4. The Morgan fingerprint density at radius 1 is 1.09 bits per heavy atom. The van der Waals surface area contributed by atoms with Crippen molar-refractivity contribution in [3.63, 3.8) is 0 Å². The Hall–Kier alpha value is -4.01. The van der Waals surface area contributed by atoms with Crippen LogP contribution in [0.1, 0.15) is 18.9 Å². The van der Waals surface area contributed by atoms with E-state index in [0.717, 1.165) is 4.90 Å². The first-order chi connectivity index (χ1) is 15.4. The highest BCUT2D eigenvalue weighted by molar-refractivity contribution is 6.27. The van der Waals surface area contributed by atoms with Gasteiger partial charge in [0.2, 0.25) is 11.8 Å². The van der Waals surface area contributed by atoms with Crippen LogP contribution in [0.4, 0.5) is 11.4 Å². The number of amides is 2. The zero-order valence-electron chi connectivity index (χ0n) is 17.4. The molecule has 0 aromatic heterocycles. The molecule has 2 atom stereocenters. The van der Waals surface area contributed by atoms with Crippen molar-refractivity contribution >= 4 is 34.7 Å². The summed E-state index contributed by atoms with van der Waals surface area (Å²) in [5, 5.41) is 10.9. The lowest BCUT2D eigenvalue weighted by Crippen LogP contribution is -2.32. The van der Waals surface area contributed by atoms with Gasteiger partial charge in [-0.25, -0.2) is 9.69 Å². The third kappa shape index (κ3) is 3.41. The summed E-state index contributed by atoms with van der Waals surface area (Å²) in [4.78, 5) is 50.7. The topological polar surface area (TPSA) is 116 Å². The van der Waals surface area contributed by atoms with Crippen molar-refractivity contribution in [3.8, 4) is 5.75 Å². The van der Waals surface area contributed by atoms with Gasteiger partial charge < -0.3 is 9.47 Å². The van der Waals surface area contributed by atoms with Crippen LogP contribution >= 0.6 is 0 Å². The predicted octanol–water partition coefficient (Wildman–Crippen LogP) is 3.13. The van der Waals surface area contributed by atoms with Crippen LogP contribution in [0.25, 0.3) is 5.57 Å². The average Bonchev–Trinajstić information content (AvgIpc) is 3.30. The van der Waals surface area contributed by atoms with E-state index in [4.69, 9.17) is 9.47 Å². The van der Waals surface area contributed by atoms with Crippen molar-refractivity contribution < 1.29 is 28.8 Å². The third-order valence-electron chi connectivity index (χ3n) is 5.73. The second-order valence-electron chi connectivity index (χ2n) is 7.41. The molecule has 164 valence electrons. The fourth-order valence-corrected chi connectivity index (χ4v) is 4.29. The van der Waals surface area contributed by atoms with Gasteiger partial charge in [-0.1, -0.05) is 12.1 Å². The summed E-state index contributed by atoms with van der Waals surface area (Å²) < 4.78 is 10.4. The number of nitrogens with zero attached hydrogens (tertiary/aromatic N) is 2. The summed E-state index contributed by atoms with van der Waals surface area (Å²) in [5.41, 5.74) is 1.53. The van der Waals surface area contributed by atoms with Crippen molar-refractivity contribution in [2.75, 3.05) is 18.6 Å². The van der Waals surface area contributed by atoms with Gasteiger partial charge in [-0.15, -0.1) is 0 Å². The molecule has 1 aliphatic heterocycles. The van der Waals surface area contributed by atoms with Crippen molar-refractivity contribution in [1.29, 1.82) is 0 Å². The second-order valence-corrected chi connectivity index (χ2v) is 7.41. The quantitative estimate of drug-likeness (QED) is 0.296. The molecule has 1 heterocycles. The van der Waals surface area contributed by atoms with Gasteiger partial charge in [-0.2, -0.15) is 0 Å². The molecule has 0 radical (unpaired) electrons. The molecule has 2 amide bonds. The first-order valence-electron chi connectivity index (χ1n) is 10.0. The van der Waals surface area contributed by atoms with Crippen LogP contribution in [0.2, 0.25) is 0 Å². The molecule has 0 N–H and O–H groups in total. The molecule has 0 spiro atoms. The standard InChI is InChI=1S/C23H20N2O7/c1-3-32-23(28)18-12-17-20(19(18)13-4-10-16(31-2)11-5-13)22(27)24(21(17)26)14-6-8-15(9-7-14)25(29)30/h4-11,17,20H,3,12H2,1-2H3/t17-,20-/m0/s1. The summed E-state index contributed by atoms with van der Waals surface area (Å²) >= 11 is 0. The van der Waals surface area contributed by atoms with Crippen LogP contribution < -0.4 is 9.64 Å². The summed E-state index contributed by atoms with van der Waals surface area (Å²) in [6.07, 6.45) is 0.0823. The van der Waals surface area contributed by atoms with Gasteiger partial charge in [-0.3, -0.25) is 19.7 Å². The van der Waals surface area contributed by atoms with Crippen molar-refractivity contribution in [3.05, 3.63) is 69.8 Å². The Bertz CT molecular complexity index is 1140. The number of carbonyl (C=O) groups excluding carboxylic acids is 3. The monoisotopic (exact) mass is 436 g/mol. The molecule has 2 aromatic carbocycles. The second kappa shape index (κ2) is 8.26. The number of anilines is 1. The number of methoxy groups -OCH3 is 1. The molecule has 2 aromatic rings. The third-order valence-corrected chi connectivity index (χ3v) is 5.73. The number of nitro groups is 1. The first kappa shape index (κ1) is 21.2. The lowest BCUT2D eigenvalue weighted by Gasteiger charge is -2.18. The van der Waals surface area contributed by atoms with Gasteiger partial charge in [0, 0.05) is 17.7 Å².